The van der Waals surface area contributed by atoms with Crippen LogP contribution in [0.5, 0.6) is 0 Å². The van der Waals surface area contributed by atoms with Crippen LogP contribution in [0.15, 0.2) is 12.4 Å². The van der Waals surface area contributed by atoms with Crippen molar-refractivity contribution in [2.45, 2.75) is 33.2 Å². The van der Waals surface area contributed by atoms with E-state index in [1.54, 1.807) is 7.05 Å². The first-order chi connectivity index (χ1) is 9.71. The maximum atomic E-state index is 11.5. The number of aromatic nitrogens is 2. The third-order valence-corrected chi connectivity index (χ3v) is 2.84. The van der Waals surface area contributed by atoms with E-state index in [2.05, 4.69) is 34.4 Å². The second-order valence-corrected chi connectivity index (χ2v) is 4.66. The maximum absolute atomic E-state index is 11.5. The number of anilines is 1. The summed E-state index contributed by atoms with van der Waals surface area (Å²) in [7, 11) is 1.63. The molecule has 0 saturated carbocycles. The molecule has 0 spiro atoms. The average molecular weight is 279 g/mol. The van der Waals surface area contributed by atoms with Crippen LogP contribution in [0.1, 0.15) is 32.3 Å². The molecule has 0 aliphatic carbocycles. The maximum Gasteiger partial charge on any atom is 0.239 e. The second kappa shape index (κ2) is 9.25. The van der Waals surface area contributed by atoms with Crippen LogP contribution < -0.4 is 15.5 Å². The molecule has 0 saturated heterocycles. The lowest BCUT2D eigenvalue weighted by atomic mass is 10.3. The van der Waals surface area contributed by atoms with Crippen molar-refractivity contribution in [1.82, 2.24) is 20.6 Å². The van der Waals surface area contributed by atoms with E-state index in [0.29, 0.717) is 5.95 Å². The SMILES string of the molecule is CCCNCc1cnc(N(CCC)CC(=O)NC)nc1. The monoisotopic (exact) mass is 279 g/mol. The highest BCUT2D eigenvalue weighted by Gasteiger charge is 2.12. The molecule has 0 radical (unpaired) electrons. The summed E-state index contributed by atoms with van der Waals surface area (Å²) in [5, 5.41) is 5.93. The first kappa shape index (κ1) is 16.4. The summed E-state index contributed by atoms with van der Waals surface area (Å²) in [6.07, 6.45) is 5.69. The second-order valence-electron chi connectivity index (χ2n) is 4.66. The van der Waals surface area contributed by atoms with Gasteiger partial charge in [0.2, 0.25) is 11.9 Å². The fourth-order valence-corrected chi connectivity index (χ4v) is 1.78. The van der Waals surface area contributed by atoms with Crippen LogP contribution in [0.2, 0.25) is 0 Å². The Hall–Kier alpha value is -1.69. The summed E-state index contributed by atoms with van der Waals surface area (Å²) in [6.45, 7) is 7.02. The van der Waals surface area contributed by atoms with Gasteiger partial charge in [-0.25, -0.2) is 9.97 Å². The lowest BCUT2D eigenvalue weighted by Crippen LogP contribution is -2.37. The molecule has 6 heteroatoms. The Morgan fingerprint density at radius 3 is 2.50 bits per heavy atom. The van der Waals surface area contributed by atoms with Gasteiger partial charge in [-0.15, -0.1) is 0 Å². The van der Waals surface area contributed by atoms with Crippen LogP contribution in [0, 0.1) is 0 Å². The van der Waals surface area contributed by atoms with Gasteiger partial charge in [0.1, 0.15) is 0 Å². The van der Waals surface area contributed by atoms with E-state index < -0.39 is 0 Å². The Morgan fingerprint density at radius 2 is 1.95 bits per heavy atom. The molecular weight excluding hydrogens is 254 g/mol. The molecule has 1 aromatic rings. The predicted molar refractivity (Wildman–Crippen MR) is 80.6 cm³/mol. The number of carbonyl (C=O) groups is 1. The number of nitrogens with zero attached hydrogens (tertiary/aromatic N) is 3. The molecule has 20 heavy (non-hydrogen) atoms. The molecule has 0 fully saturated rings. The van der Waals surface area contributed by atoms with Gasteiger partial charge < -0.3 is 15.5 Å². The third-order valence-electron chi connectivity index (χ3n) is 2.84. The highest BCUT2D eigenvalue weighted by Crippen LogP contribution is 2.07. The Labute approximate surface area is 121 Å². The van der Waals surface area contributed by atoms with Gasteiger partial charge in [0.15, 0.2) is 0 Å². The van der Waals surface area contributed by atoms with Gasteiger partial charge in [0.25, 0.3) is 0 Å². The van der Waals surface area contributed by atoms with Crippen molar-refractivity contribution in [1.29, 1.82) is 0 Å². The van der Waals surface area contributed by atoms with Crippen molar-refractivity contribution in [2.24, 2.45) is 0 Å². The molecule has 0 aromatic carbocycles. The molecule has 1 aromatic heterocycles. The molecule has 6 nitrogen and oxygen atoms in total. The van der Waals surface area contributed by atoms with Gasteiger partial charge in [0.05, 0.1) is 6.54 Å². The molecule has 1 amide bonds. The van der Waals surface area contributed by atoms with Crippen LogP contribution in [0.25, 0.3) is 0 Å². The zero-order valence-corrected chi connectivity index (χ0v) is 12.6. The first-order valence-electron chi connectivity index (χ1n) is 7.18. The number of rotatable bonds is 9. The zero-order valence-electron chi connectivity index (χ0n) is 12.6. The van der Waals surface area contributed by atoms with Gasteiger partial charge in [-0.05, 0) is 19.4 Å². The minimum Gasteiger partial charge on any atom is -0.358 e. The van der Waals surface area contributed by atoms with Crippen LogP contribution in [-0.4, -0.2) is 42.6 Å². The highest BCUT2D eigenvalue weighted by atomic mass is 16.1. The van der Waals surface area contributed by atoms with E-state index in [4.69, 9.17) is 0 Å². The lowest BCUT2D eigenvalue weighted by molar-refractivity contribution is -0.119. The van der Waals surface area contributed by atoms with E-state index in [1.165, 1.54) is 0 Å². The van der Waals surface area contributed by atoms with Gasteiger partial charge in [-0.2, -0.15) is 0 Å². The van der Waals surface area contributed by atoms with Crippen LogP contribution in [0.4, 0.5) is 5.95 Å². The number of likely N-dealkylation sites (N-methyl/N-ethyl adjacent to an activating group) is 1. The number of hydrogen-bond acceptors (Lipinski definition) is 5. The van der Waals surface area contributed by atoms with Crippen molar-refractivity contribution in [3.8, 4) is 0 Å². The molecule has 0 bridgehead atoms. The molecule has 2 N–H and O–H groups in total. The normalized spacial score (nSPS) is 10.3. The fourth-order valence-electron chi connectivity index (χ4n) is 1.78. The van der Waals surface area contributed by atoms with Crippen LogP contribution in [0.3, 0.4) is 0 Å². The van der Waals surface area contributed by atoms with Crippen LogP contribution in [-0.2, 0) is 11.3 Å². The standard InChI is InChI=1S/C14H25N5O/c1-4-6-16-8-12-9-17-14(18-10-12)19(7-5-2)11-13(20)15-3/h9-10,16H,4-8,11H2,1-3H3,(H,15,20). The first-order valence-corrected chi connectivity index (χ1v) is 7.18. The van der Waals surface area contributed by atoms with Crippen LogP contribution >= 0.6 is 0 Å². The molecular formula is C14H25N5O. The van der Waals surface area contributed by atoms with Gasteiger partial charge >= 0.3 is 0 Å². The Bertz CT molecular complexity index is 393. The topological polar surface area (TPSA) is 70.2 Å². The van der Waals surface area contributed by atoms with E-state index in [9.17, 15) is 4.79 Å². The molecule has 0 unspecified atom stereocenters. The quantitative estimate of drug-likeness (QED) is 0.658. The molecule has 0 aliphatic heterocycles. The van der Waals surface area contributed by atoms with E-state index in [1.807, 2.05) is 17.3 Å². The summed E-state index contributed by atoms with van der Waals surface area (Å²) in [6, 6.07) is 0. The number of carbonyl (C=O) groups excluding carboxylic acids is 1. The minimum absolute atomic E-state index is 0.0317. The smallest absolute Gasteiger partial charge is 0.239 e. The predicted octanol–water partition coefficient (Wildman–Crippen LogP) is 0.939. The minimum atomic E-state index is -0.0317. The molecule has 112 valence electrons. The Balaban J connectivity index is 2.64. The van der Waals surface area contributed by atoms with Crippen molar-refractivity contribution < 1.29 is 4.79 Å². The largest absolute Gasteiger partial charge is 0.358 e. The zero-order chi connectivity index (χ0) is 14.8. The number of amides is 1. The molecule has 1 rings (SSSR count). The highest BCUT2D eigenvalue weighted by molar-refractivity contribution is 5.80. The number of nitrogens with one attached hydrogen (secondary N) is 2. The van der Waals surface area contributed by atoms with Crippen molar-refractivity contribution in [3.63, 3.8) is 0 Å². The summed E-state index contributed by atoms with van der Waals surface area (Å²) in [4.78, 5) is 22.1. The fraction of sp³-hybridized carbons (Fsp3) is 0.643. The summed E-state index contributed by atoms with van der Waals surface area (Å²) in [5.74, 6) is 0.574. The third kappa shape index (κ3) is 5.52. The van der Waals surface area contributed by atoms with Crippen molar-refractivity contribution >= 4 is 11.9 Å². The van der Waals surface area contributed by atoms with Gasteiger partial charge in [-0.1, -0.05) is 13.8 Å². The van der Waals surface area contributed by atoms with E-state index in [0.717, 1.165) is 38.0 Å². The number of hydrogen-bond donors (Lipinski definition) is 2. The molecule has 0 aliphatic rings. The lowest BCUT2D eigenvalue weighted by Gasteiger charge is -2.20. The summed E-state index contributed by atoms with van der Waals surface area (Å²) >= 11 is 0. The molecule has 1 heterocycles. The van der Waals surface area contributed by atoms with E-state index in [-0.39, 0.29) is 12.5 Å². The van der Waals surface area contributed by atoms with Gasteiger partial charge in [0, 0.05) is 38.1 Å². The molecule has 0 atom stereocenters. The Morgan fingerprint density at radius 1 is 1.25 bits per heavy atom. The summed E-state index contributed by atoms with van der Waals surface area (Å²) < 4.78 is 0. The van der Waals surface area contributed by atoms with Gasteiger partial charge in [-0.3, -0.25) is 4.79 Å². The van der Waals surface area contributed by atoms with E-state index >= 15 is 0 Å². The summed E-state index contributed by atoms with van der Waals surface area (Å²) in [5.41, 5.74) is 1.05. The van der Waals surface area contributed by atoms with Crippen molar-refractivity contribution in [2.75, 3.05) is 31.6 Å². The van der Waals surface area contributed by atoms with Crippen molar-refractivity contribution in [3.05, 3.63) is 18.0 Å². The average Bonchev–Trinajstić information content (AvgIpc) is 2.47. The Kier molecular flexibility index (Phi) is 7.57.